The third-order valence-electron chi connectivity index (χ3n) is 3.78. The largest absolute Gasteiger partial charge is 0.501 e. The van der Waals surface area contributed by atoms with Crippen molar-refractivity contribution in [2.75, 3.05) is 0 Å². The smallest absolute Gasteiger partial charge is 0.456 e. The van der Waals surface area contributed by atoms with E-state index in [0.717, 1.165) is 18.2 Å². The van der Waals surface area contributed by atoms with Gasteiger partial charge in [0.25, 0.3) is 9.84 Å². The zero-order valence-electron chi connectivity index (χ0n) is 18.2. The number of sulfone groups is 1. The van der Waals surface area contributed by atoms with Gasteiger partial charge in [-0.25, -0.2) is 12.8 Å². The highest BCUT2D eigenvalue weighted by molar-refractivity contribution is 7.93. The molecule has 0 bridgehead atoms. The van der Waals surface area contributed by atoms with Gasteiger partial charge in [-0.15, -0.1) is 3.89 Å². The van der Waals surface area contributed by atoms with Gasteiger partial charge in [-0.05, 0) is 31.2 Å². The fourth-order valence-electron chi connectivity index (χ4n) is 2.62. The summed E-state index contributed by atoms with van der Waals surface area (Å²) in [5, 5.41) is 12.4. The van der Waals surface area contributed by atoms with Gasteiger partial charge in [0, 0.05) is 6.07 Å². The van der Waals surface area contributed by atoms with Crippen LogP contribution >= 0.6 is 12.3 Å². The SMILES string of the molecule is CC.CC.Cc1nn(SF)c2c(S(=O)(=O)C(F)(F)F)ccc(Oc3cc(F)cc(C#N)c3)c12. The molecule has 0 atom stereocenters. The fourth-order valence-corrected chi connectivity index (χ4v) is 4.03. The molecule has 3 rings (SSSR count). The number of aromatic nitrogens is 2. The van der Waals surface area contributed by atoms with Crippen molar-refractivity contribution in [3.63, 3.8) is 0 Å². The lowest BCUT2D eigenvalue weighted by atomic mass is 10.2. The molecular formula is C20H20F5N3O3S2. The average Bonchev–Trinajstić information content (AvgIpc) is 3.12. The summed E-state index contributed by atoms with van der Waals surface area (Å²) in [6.07, 6.45) is 0. The van der Waals surface area contributed by atoms with Crippen molar-refractivity contribution in [1.82, 2.24) is 9.19 Å². The lowest BCUT2D eigenvalue weighted by Crippen LogP contribution is -2.23. The first-order valence-electron chi connectivity index (χ1n) is 9.51. The first kappa shape index (κ1) is 28.2. The number of hydrogen-bond donors (Lipinski definition) is 0. The van der Waals surface area contributed by atoms with Crippen LogP contribution in [0.15, 0.2) is 35.2 Å². The van der Waals surface area contributed by atoms with Crippen LogP contribution in [0, 0.1) is 24.1 Å². The molecule has 0 radical (unpaired) electrons. The predicted octanol–water partition coefficient (Wildman–Crippen LogP) is 6.87. The van der Waals surface area contributed by atoms with Crippen molar-refractivity contribution in [1.29, 1.82) is 5.26 Å². The van der Waals surface area contributed by atoms with Gasteiger partial charge in [-0.1, -0.05) is 27.7 Å². The Bertz CT molecular complexity index is 1270. The molecule has 0 N–H and O–H groups in total. The van der Waals surface area contributed by atoms with Crippen molar-refractivity contribution in [3.05, 3.63) is 47.4 Å². The Balaban J connectivity index is 0.00000129. The summed E-state index contributed by atoms with van der Waals surface area (Å²) in [5.74, 6) is -1.18. The highest BCUT2D eigenvalue weighted by Crippen LogP contribution is 2.41. The molecule has 0 fully saturated rings. The number of alkyl halides is 3. The first-order chi connectivity index (χ1) is 15.5. The van der Waals surface area contributed by atoms with E-state index in [1.807, 2.05) is 27.7 Å². The second-order valence-electron chi connectivity index (χ2n) is 5.65. The summed E-state index contributed by atoms with van der Waals surface area (Å²) in [7, 11) is -5.83. The topological polar surface area (TPSA) is 85.0 Å². The van der Waals surface area contributed by atoms with Gasteiger partial charge in [0.2, 0.25) is 0 Å². The number of ether oxygens (including phenoxy) is 1. The number of fused-ring (bicyclic) bond motifs is 1. The van der Waals surface area contributed by atoms with Crippen LogP contribution in [-0.2, 0) is 9.84 Å². The van der Waals surface area contributed by atoms with Gasteiger partial charge >= 0.3 is 5.51 Å². The maximum Gasteiger partial charge on any atom is 0.501 e. The predicted molar refractivity (Wildman–Crippen MR) is 116 cm³/mol. The van der Waals surface area contributed by atoms with Crippen molar-refractivity contribution in [3.8, 4) is 17.6 Å². The summed E-state index contributed by atoms with van der Waals surface area (Å²) in [5.41, 5.74) is -6.42. The molecule has 2 aromatic carbocycles. The van der Waals surface area contributed by atoms with Gasteiger partial charge in [0.15, 0.2) is 12.3 Å². The van der Waals surface area contributed by atoms with Gasteiger partial charge in [0.1, 0.15) is 27.7 Å². The van der Waals surface area contributed by atoms with E-state index in [2.05, 4.69) is 5.10 Å². The minimum Gasteiger partial charge on any atom is -0.456 e. The summed E-state index contributed by atoms with van der Waals surface area (Å²) in [6, 6.07) is 6.23. The minimum atomic E-state index is -5.83. The summed E-state index contributed by atoms with van der Waals surface area (Å²) in [4.78, 5) is -1.21. The molecule has 0 spiro atoms. The van der Waals surface area contributed by atoms with Crippen LogP contribution in [0.25, 0.3) is 10.9 Å². The molecule has 1 heterocycles. The van der Waals surface area contributed by atoms with Crippen molar-refractivity contribution >= 4 is 33.1 Å². The molecule has 0 saturated heterocycles. The van der Waals surface area contributed by atoms with E-state index in [1.165, 1.54) is 13.0 Å². The lowest BCUT2D eigenvalue weighted by molar-refractivity contribution is -0.0435. The molecular weight excluding hydrogens is 489 g/mol. The van der Waals surface area contributed by atoms with Crippen LogP contribution in [0.1, 0.15) is 39.0 Å². The number of rotatable bonds is 4. The molecule has 1 aromatic heterocycles. The number of nitriles is 1. The molecule has 0 aliphatic carbocycles. The van der Waals surface area contributed by atoms with Gasteiger partial charge in [-0.3, -0.25) is 0 Å². The minimum absolute atomic E-state index is 0.0312. The Kier molecular flexibility index (Phi) is 9.68. The van der Waals surface area contributed by atoms with Gasteiger partial charge < -0.3 is 4.74 Å². The Morgan fingerprint density at radius 3 is 2.24 bits per heavy atom. The molecule has 0 aliphatic heterocycles. The average molecular weight is 510 g/mol. The van der Waals surface area contributed by atoms with E-state index in [-0.39, 0.29) is 28.1 Å². The molecule has 33 heavy (non-hydrogen) atoms. The molecule has 0 aliphatic rings. The molecule has 6 nitrogen and oxygen atoms in total. The summed E-state index contributed by atoms with van der Waals surface area (Å²) in [6.45, 7) is 9.30. The van der Waals surface area contributed by atoms with Crippen LogP contribution < -0.4 is 4.74 Å². The maximum absolute atomic E-state index is 13.6. The van der Waals surface area contributed by atoms with Crippen LogP contribution in [-0.4, -0.2) is 23.1 Å². The number of halogens is 5. The molecule has 180 valence electrons. The van der Waals surface area contributed by atoms with E-state index >= 15 is 0 Å². The summed E-state index contributed by atoms with van der Waals surface area (Å²) >= 11 is -0.601. The standard InChI is InChI=1S/C16H8F5N3O3S2.2C2H6/c1-8-14-12(27-11-5-9(7-22)4-10(17)6-11)2-3-13(15(14)24(23-8)28-21)29(25,26)16(18,19)20;2*1-2/h2-6H,1H3;2*1-2H3. The Labute approximate surface area is 192 Å². The Morgan fingerprint density at radius 2 is 1.73 bits per heavy atom. The molecule has 3 aromatic rings. The number of benzene rings is 2. The Morgan fingerprint density at radius 1 is 1.12 bits per heavy atom. The summed E-state index contributed by atoms with van der Waals surface area (Å²) < 4.78 is 95.7. The Hall–Kier alpha value is -2.85. The second-order valence-corrected chi connectivity index (χ2v) is 8.04. The van der Waals surface area contributed by atoms with E-state index in [4.69, 9.17) is 10.00 Å². The number of hydrogen-bond acceptors (Lipinski definition) is 6. The lowest BCUT2D eigenvalue weighted by Gasteiger charge is -2.13. The highest BCUT2D eigenvalue weighted by Gasteiger charge is 2.48. The molecule has 13 heteroatoms. The zero-order chi connectivity index (χ0) is 25.6. The van der Waals surface area contributed by atoms with Crippen molar-refractivity contribution < 1.29 is 34.6 Å². The molecule has 0 amide bonds. The zero-order valence-corrected chi connectivity index (χ0v) is 19.8. The monoisotopic (exact) mass is 509 g/mol. The van der Waals surface area contributed by atoms with Crippen molar-refractivity contribution in [2.45, 2.75) is 45.0 Å². The van der Waals surface area contributed by atoms with Crippen LogP contribution in [0.5, 0.6) is 11.5 Å². The van der Waals surface area contributed by atoms with Gasteiger partial charge in [0.05, 0.1) is 22.7 Å². The first-order valence-corrected chi connectivity index (χ1v) is 11.7. The van der Waals surface area contributed by atoms with E-state index in [1.54, 1.807) is 6.07 Å². The highest BCUT2D eigenvalue weighted by atomic mass is 32.2. The van der Waals surface area contributed by atoms with E-state index in [9.17, 15) is 29.9 Å². The van der Waals surface area contributed by atoms with Crippen molar-refractivity contribution in [2.24, 2.45) is 0 Å². The quantitative estimate of drug-likeness (QED) is 0.357. The maximum atomic E-state index is 13.6. The van der Waals surface area contributed by atoms with E-state index < -0.39 is 43.9 Å². The van der Waals surface area contributed by atoms with Crippen LogP contribution in [0.3, 0.4) is 0 Å². The van der Waals surface area contributed by atoms with E-state index in [0.29, 0.717) is 10.2 Å². The number of nitrogens with zero attached hydrogens (tertiary/aromatic N) is 3. The third-order valence-corrected chi connectivity index (χ3v) is 5.70. The second kappa shape index (κ2) is 11.3. The third kappa shape index (κ3) is 5.75. The van der Waals surface area contributed by atoms with Gasteiger partial charge in [-0.2, -0.15) is 27.6 Å². The fraction of sp³-hybridized carbons (Fsp3) is 0.300. The molecule has 0 saturated carbocycles. The number of aryl methyl sites for hydroxylation is 1. The molecule has 0 unspecified atom stereocenters. The normalized spacial score (nSPS) is 11.1. The van der Waals surface area contributed by atoms with Crippen LogP contribution in [0.2, 0.25) is 0 Å². The van der Waals surface area contributed by atoms with Crippen LogP contribution in [0.4, 0.5) is 21.4 Å².